The Bertz CT molecular complexity index is 457. The molecule has 2 N–H and O–H groups in total. The molecule has 1 fully saturated rings. The zero-order valence-electron chi connectivity index (χ0n) is 11.1. The lowest BCUT2D eigenvalue weighted by molar-refractivity contribution is 0.0692. The zero-order chi connectivity index (χ0) is 13.8. The summed E-state index contributed by atoms with van der Waals surface area (Å²) in [5.41, 5.74) is 6.33. The van der Waals surface area contributed by atoms with Crippen LogP contribution in [-0.4, -0.2) is 37.6 Å². The number of benzene rings is 1. The van der Waals surface area contributed by atoms with E-state index < -0.39 is 0 Å². The third kappa shape index (κ3) is 3.28. The van der Waals surface area contributed by atoms with Gasteiger partial charge in [0, 0.05) is 17.6 Å². The predicted molar refractivity (Wildman–Crippen MR) is 78.4 cm³/mol. The summed E-state index contributed by atoms with van der Waals surface area (Å²) in [6.07, 6.45) is 1.98. The topological polar surface area (TPSA) is 55.6 Å². The predicted octanol–water partition coefficient (Wildman–Crippen LogP) is 2.27. The van der Waals surface area contributed by atoms with E-state index in [1.807, 2.05) is 17.0 Å². The van der Waals surface area contributed by atoms with Crippen molar-refractivity contribution in [1.29, 1.82) is 0 Å². The molecule has 1 aromatic carbocycles. The highest BCUT2D eigenvalue weighted by molar-refractivity contribution is 9.10. The molecule has 5 heteroatoms. The molecule has 0 saturated carbocycles. The second kappa shape index (κ2) is 6.39. The number of likely N-dealkylation sites (tertiary alicyclic amines) is 1. The number of hydrogen-bond donors (Lipinski definition) is 1. The first-order valence-electron chi connectivity index (χ1n) is 6.48. The largest absolute Gasteiger partial charge is 0.497 e. The Labute approximate surface area is 122 Å². The molecule has 1 saturated heterocycles. The van der Waals surface area contributed by atoms with E-state index in [4.69, 9.17) is 10.5 Å². The molecule has 0 aliphatic carbocycles. The molecular formula is C14H19BrN2O2. The van der Waals surface area contributed by atoms with Gasteiger partial charge in [0.05, 0.1) is 12.7 Å². The van der Waals surface area contributed by atoms with Crippen LogP contribution in [0.15, 0.2) is 22.7 Å². The average molecular weight is 327 g/mol. The van der Waals surface area contributed by atoms with Gasteiger partial charge in [0.25, 0.3) is 5.91 Å². The quantitative estimate of drug-likeness (QED) is 0.927. The maximum absolute atomic E-state index is 12.5. The number of methoxy groups -OCH3 is 1. The van der Waals surface area contributed by atoms with Crippen molar-refractivity contribution in [2.24, 2.45) is 11.7 Å². The normalized spacial score (nSPS) is 16.5. The van der Waals surface area contributed by atoms with Crippen LogP contribution in [0.25, 0.3) is 0 Å². The number of rotatable bonds is 3. The molecule has 104 valence electrons. The average Bonchev–Trinajstić information content (AvgIpc) is 2.47. The van der Waals surface area contributed by atoms with Crippen LogP contribution in [0.4, 0.5) is 0 Å². The Kier molecular flexibility index (Phi) is 4.82. The standard InChI is InChI=1S/C14H19BrN2O2/c1-19-11-2-3-13(15)12(8-11)14(18)17-6-4-10(9-16)5-7-17/h2-3,8,10H,4-7,9,16H2,1H3. The van der Waals surface area contributed by atoms with Crippen LogP contribution in [0.5, 0.6) is 5.75 Å². The van der Waals surface area contributed by atoms with Crippen LogP contribution in [-0.2, 0) is 0 Å². The summed E-state index contributed by atoms with van der Waals surface area (Å²) in [5.74, 6) is 1.31. The highest BCUT2D eigenvalue weighted by Crippen LogP contribution is 2.25. The van der Waals surface area contributed by atoms with Gasteiger partial charge in [0.2, 0.25) is 0 Å². The van der Waals surface area contributed by atoms with Gasteiger partial charge < -0.3 is 15.4 Å². The SMILES string of the molecule is COc1ccc(Br)c(C(=O)N2CCC(CN)CC2)c1. The first-order chi connectivity index (χ1) is 9.15. The number of halogens is 1. The molecule has 1 aliphatic rings. The van der Waals surface area contributed by atoms with Gasteiger partial charge in [-0.15, -0.1) is 0 Å². The molecule has 0 spiro atoms. The highest BCUT2D eigenvalue weighted by Gasteiger charge is 2.24. The summed E-state index contributed by atoms with van der Waals surface area (Å²) in [5, 5.41) is 0. The smallest absolute Gasteiger partial charge is 0.255 e. The monoisotopic (exact) mass is 326 g/mol. The fourth-order valence-electron chi connectivity index (χ4n) is 2.34. The molecule has 4 nitrogen and oxygen atoms in total. The Morgan fingerprint density at radius 1 is 1.47 bits per heavy atom. The number of nitrogens with zero attached hydrogens (tertiary/aromatic N) is 1. The molecule has 0 atom stereocenters. The fourth-order valence-corrected chi connectivity index (χ4v) is 2.75. The Morgan fingerprint density at radius 3 is 2.74 bits per heavy atom. The van der Waals surface area contributed by atoms with Crippen molar-refractivity contribution in [2.45, 2.75) is 12.8 Å². The van der Waals surface area contributed by atoms with Gasteiger partial charge >= 0.3 is 0 Å². The first kappa shape index (κ1) is 14.3. The molecule has 19 heavy (non-hydrogen) atoms. The van der Waals surface area contributed by atoms with Crippen LogP contribution in [0, 0.1) is 5.92 Å². The number of carbonyl (C=O) groups excluding carboxylic acids is 1. The Morgan fingerprint density at radius 2 is 2.16 bits per heavy atom. The lowest BCUT2D eigenvalue weighted by Crippen LogP contribution is -2.40. The molecule has 1 amide bonds. The van der Waals surface area contributed by atoms with Crippen LogP contribution >= 0.6 is 15.9 Å². The second-order valence-corrected chi connectivity index (χ2v) is 5.67. The van der Waals surface area contributed by atoms with Crippen molar-refractivity contribution >= 4 is 21.8 Å². The van der Waals surface area contributed by atoms with Crippen LogP contribution < -0.4 is 10.5 Å². The van der Waals surface area contributed by atoms with Gasteiger partial charge in [0.15, 0.2) is 0 Å². The number of carbonyl (C=O) groups is 1. The van der Waals surface area contributed by atoms with Gasteiger partial charge in [-0.05, 0) is 59.4 Å². The maximum atomic E-state index is 12.5. The first-order valence-corrected chi connectivity index (χ1v) is 7.28. The minimum absolute atomic E-state index is 0.0567. The van der Waals surface area contributed by atoms with E-state index in [1.54, 1.807) is 13.2 Å². The Hall–Kier alpha value is -1.07. The lowest BCUT2D eigenvalue weighted by Gasteiger charge is -2.31. The summed E-state index contributed by atoms with van der Waals surface area (Å²) in [6.45, 7) is 2.28. The third-order valence-corrected chi connectivity index (χ3v) is 4.33. The van der Waals surface area contributed by atoms with Crippen molar-refractivity contribution in [2.75, 3.05) is 26.7 Å². The number of hydrogen-bond acceptors (Lipinski definition) is 3. The summed E-state index contributed by atoms with van der Waals surface area (Å²) >= 11 is 3.43. The molecule has 1 heterocycles. The van der Waals surface area contributed by atoms with E-state index in [-0.39, 0.29) is 5.91 Å². The van der Waals surface area contributed by atoms with Gasteiger partial charge in [-0.2, -0.15) is 0 Å². The van der Waals surface area contributed by atoms with Crippen molar-refractivity contribution in [3.8, 4) is 5.75 Å². The van der Waals surface area contributed by atoms with E-state index in [0.717, 1.165) is 30.4 Å². The van der Waals surface area contributed by atoms with Gasteiger partial charge in [-0.1, -0.05) is 0 Å². The summed E-state index contributed by atoms with van der Waals surface area (Å²) in [6, 6.07) is 5.46. The minimum atomic E-state index is 0.0567. The van der Waals surface area contributed by atoms with Crippen LogP contribution in [0.2, 0.25) is 0 Å². The summed E-state index contributed by atoms with van der Waals surface area (Å²) in [4.78, 5) is 14.4. The second-order valence-electron chi connectivity index (χ2n) is 4.82. The molecule has 1 aromatic rings. The molecule has 0 radical (unpaired) electrons. The van der Waals surface area contributed by atoms with Crippen molar-refractivity contribution in [1.82, 2.24) is 4.90 Å². The Balaban J connectivity index is 2.11. The molecule has 0 bridgehead atoms. The van der Waals surface area contributed by atoms with E-state index in [9.17, 15) is 4.79 Å². The third-order valence-electron chi connectivity index (χ3n) is 3.64. The van der Waals surface area contributed by atoms with Crippen molar-refractivity contribution in [3.63, 3.8) is 0 Å². The van der Waals surface area contributed by atoms with Crippen molar-refractivity contribution in [3.05, 3.63) is 28.2 Å². The highest BCUT2D eigenvalue weighted by atomic mass is 79.9. The van der Waals surface area contributed by atoms with E-state index in [2.05, 4.69) is 15.9 Å². The zero-order valence-corrected chi connectivity index (χ0v) is 12.6. The maximum Gasteiger partial charge on any atom is 0.255 e. The lowest BCUT2D eigenvalue weighted by atomic mass is 9.96. The van der Waals surface area contributed by atoms with Gasteiger partial charge in [0.1, 0.15) is 5.75 Å². The van der Waals surface area contributed by atoms with Crippen LogP contribution in [0.1, 0.15) is 23.2 Å². The van der Waals surface area contributed by atoms with Crippen LogP contribution in [0.3, 0.4) is 0 Å². The number of nitrogens with two attached hydrogens (primary N) is 1. The molecule has 1 aliphatic heterocycles. The number of piperidine rings is 1. The van der Waals surface area contributed by atoms with Gasteiger partial charge in [-0.3, -0.25) is 4.79 Å². The minimum Gasteiger partial charge on any atom is -0.497 e. The van der Waals surface area contributed by atoms with E-state index in [0.29, 0.717) is 23.8 Å². The van der Waals surface area contributed by atoms with E-state index in [1.165, 1.54) is 0 Å². The summed E-state index contributed by atoms with van der Waals surface area (Å²) in [7, 11) is 1.60. The molecule has 2 rings (SSSR count). The van der Waals surface area contributed by atoms with Crippen molar-refractivity contribution < 1.29 is 9.53 Å². The molecular weight excluding hydrogens is 308 g/mol. The van der Waals surface area contributed by atoms with E-state index >= 15 is 0 Å². The molecule has 0 aromatic heterocycles. The fraction of sp³-hybridized carbons (Fsp3) is 0.500. The summed E-state index contributed by atoms with van der Waals surface area (Å²) < 4.78 is 5.98. The molecule has 0 unspecified atom stereocenters. The number of ether oxygens (including phenoxy) is 1. The van der Waals surface area contributed by atoms with Gasteiger partial charge in [-0.25, -0.2) is 0 Å². The number of amides is 1.